The van der Waals surface area contributed by atoms with Crippen LogP contribution in [0.4, 0.5) is 4.39 Å². The Morgan fingerprint density at radius 3 is 2.55 bits per heavy atom. The summed E-state index contributed by atoms with van der Waals surface area (Å²) >= 11 is 0. The lowest BCUT2D eigenvalue weighted by molar-refractivity contribution is -0.144. The maximum Gasteiger partial charge on any atom is 0.310 e. The number of aliphatic imine (C=N–C) groups is 1. The second-order valence-electron chi connectivity index (χ2n) is 4.36. The van der Waals surface area contributed by atoms with Crippen molar-refractivity contribution >= 4 is 11.9 Å². The number of hydrogen-bond acceptors (Lipinski definition) is 3. The van der Waals surface area contributed by atoms with Gasteiger partial charge in [-0.25, -0.2) is 4.39 Å². The summed E-state index contributed by atoms with van der Waals surface area (Å²) in [6.07, 6.45) is 0. The predicted octanol–water partition coefficient (Wildman–Crippen LogP) is 1.30. The highest BCUT2D eigenvalue weighted by Gasteiger charge is 2.13. The zero-order chi connectivity index (χ0) is 15.0. The third-order valence-corrected chi connectivity index (χ3v) is 2.78. The highest BCUT2D eigenvalue weighted by molar-refractivity contribution is 5.80. The Morgan fingerprint density at radius 2 is 2.00 bits per heavy atom. The maximum atomic E-state index is 12.8. The molecule has 5 nitrogen and oxygen atoms in total. The van der Waals surface area contributed by atoms with E-state index in [9.17, 15) is 9.18 Å². The van der Waals surface area contributed by atoms with Crippen molar-refractivity contribution in [2.24, 2.45) is 10.9 Å². The van der Waals surface area contributed by atoms with Crippen molar-refractivity contribution in [1.29, 1.82) is 0 Å². The molecule has 20 heavy (non-hydrogen) atoms. The number of ether oxygens (including phenoxy) is 1. The Kier molecular flexibility index (Phi) is 6.49. The SMILES string of the molecule is CN=C(NCc1ccc(F)cc1)NCC(C)C(=O)OC. The van der Waals surface area contributed by atoms with Crippen LogP contribution in [0, 0.1) is 11.7 Å². The lowest BCUT2D eigenvalue weighted by Crippen LogP contribution is -2.40. The summed E-state index contributed by atoms with van der Waals surface area (Å²) in [7, 11) is 3.00. The van der Waals surface area contributed by atoms with E-state index < -0.39 is 0 Å². The standard InChI is InChI=1S/C14H20FN3O2/c1-10(13(19)20-3)8-17-14(16-2)18-9-11-4-6-12(15)7-5-11/h4-7,10H,8-9H2,1-3H3,(H2,16,17,18). The largest absolute Gasteiger partial charge is 0.469 e. The lowest BCUT2D eigenvalue weighted by atomic mass is 10.2. The molecule has 6 heteroatoms. The topological polar surface area (TPSA) is 62.7 Å². The van der Waals surface area contributed by atoms with Crippen LogP contribution in [0.25, 0.3) is 0 Å². The second-order valence-corrected chi connectivity index (χ2v) is 4.36. The first-order valence-corrected chi connectivity index (χ1v) is 6.33. The fourth-order valence-electron chi connectivity index (χ4n) is 1.54. The van der Waals surface area contributed by atoms with Crippen LogP contribution in [0.15, 0.2) is 29.3 Å². The normalized spacial score (nSPS) is 12.7. The first-order chi connectivity index (χ1) is 9.56. The molecular formula is C14H20FN3O2. The van der Waals surface area contributed by atoms with Crippen molar-refractivity contribution in [2.75, 3.05) is 20.7 Å². The minimum Gasteiger partial charge on any atom is -0.469 e. The molecule has 0 aliphatic carbocycles. The van der Waals surface area contributed by atoms with Crippen LogP contribution in [0.2, 0.25) is 0 Å². The van der Waals surface area contributed by atoms with Gasteiger partial charge in [-0.2, -0.15) is 0 Å². The minimum absolute atomic E-state index is 0.260. The molecule has 1 aromatic carbocycles. The van der Waals surface area contributed by atoms with E-state index in [2.05, 4.69) is 20.4 Å². The van der Waals surface area contributed by atoms with Gasteiger partial charge in [0.2, 0.25) is 0 Å². The van der Waals surface area contributed by atoms with E-state index in [1.54, 1.807) is 26.1 Å². The van der Waals surface area contributed by atoms with E-state index in [0.717, 1.165) is 5.56 Å². The van der Waals surface area contributed by atoms with Gasteiger partial charge in [-0.3, -0.25) is 9.79 Å². The average Bonchev–Trinajstić information content (AvgIpc) is 2.48. The molecule has 1 atom stereocenters. The van der Waals surface area contributed by atoms with Crippen LogP contribution in [-0.4, -0.2) is 32.6 Å². The molecule has 0 fully saturated rings. The van der Waals surface area contributed by atoms with Gasteiger partial charge >= 0.3 is 5.97 Å². The van der Waals surface area contributed by atoms with Gasteiger partial charge in [0.25, 0.3) is 0 Å². The third-order valence-electron chi connectivity index (χ3n) is 2.78. The Labute approximate surface area is 118 Å². The molecule has 1 unspecified atom stereocenters. The van der Waals surface area contributed by atoms with E-state index >= 15 is 0 Å². The van der Waals surface area contributed by atoms with Crippen LogP contribution < -0.4 is 10.6 Å². The van der Waals surface area contributed by atoms with Crippen molar-refractivity contribution < 1.29 is 13.9 Å². The number of carbonyl (C=O) groups excluding carboxylic acids is 1. The number of methoxy groups -OCH3 is 1. The first kappa shape index (κ1) is 15.9. The number of nitrogens with one attached hydrogen (secondary N) is 2. The monoisotopic (exact) mass is 281 g/mol. The van der Waals surface area contributed by atoms with Gasteiger partial charge < -0.3 is 15.4 Å². The molecule has 110 valence electrons. The van der Waals surface area contributed by atoms with E-state index in [4.69, 9.17) is 0 Å². The number of nitrogens with zero attached hydrogens (tertiary/aromatic N) is 1. The van der Waals surface area contributed by atoms with E-state index in [1.807, 2.05) is 0 Å². The van der Waals surface area contributed by atoms with Gasteiger partial charge in [-0.15, -0.1) is 0 Å². The van der Waals surface area contributed by atoms with Crippen LogP contribution >= 0.6 is 0 Å². The van der Waals surface area contributed by atoms with Gasteiger partial charge in [-0.05, 0) is 17.7 Å². The quantitative estimate of drug-likeness (QED) is 0.485. The van der Waals surface area contributed by atoms with Crippen molar-refractivity contribution in [3.63, 3.8) is 0 Å². The molecule has 1 aromatic rings. The summed E-state index contributed by atoms with van der Waals surface area (Å²) in [6, 6.07) is 6.22. The van der Waals surface area contributed by atoms with Gasteiger partial charge in [0.05, 0.1) is 13.0 Å². The van der Waals surface area contributed by atoms with Crippen molar-refractivity contribution in [3.8, 4) is 0 Å². The number of guanidine groups is 1. The summed E-state index contributed by atoms with van der Waals surface area (Å²) < 4.78 is 17.4. The summed E-state index contributed by atoms with van der Waals surface area (Å²) in [5.41, 5.74) is 0.940. The summed E-state index contributed by atoms with van der Waals surface area (Å²) in [6.45, 7) is 2.72. The molecular weight excluding hydrogens is 261 g/mol. The van der Waals surface area contributed by atoms with E-state index in [1.165, 1.54) is 19.2 Å². The zero-order valence-corrected chi connectivity index (χ0v) is 11.9. The Hall–Kier alpha value is -2.11. The molecule has 0 spiro atoms. The molecule has 0 aromatic heterocycles. The van der Waals surface area contributed by atoms with Crippen molar-refractivity contribution in [3.05, 3.63) is 35.6 Å². The molecule has 0 aliphatic heterocycles. The number of halogens is 1. The Bertz CT molecular complexity index is 460. The molecule has 0 bridgehead atoms. The van der Waals surface area contributed by atoms with Crippen LogP contribution in [0.5, 0.6) is 0 Å². The van der Waals surface area contributed by atoms with Crippen molar-refractivity contribution in [2.45, 2.75) is 13.5 Å². The number of benzene rings is 1. The molecule has 2 N–H and O–H groups in total. The van der Waals surface area contributed by atoms with Crippen LogP contribution in [0.1, 0.15) is 12.5 Å². The Morgan fingerprint density at radius 1 is 1.35 bits per heavy atom. The molecule has 0 saturated heterocycles. The summed E-state index contributed by atoms with van der Waals surface area (Å²) in [5, 5.41) is 6.11. The summed E-state index contributed by atoms with van der Waals surface area (Å²) in [4.78, 5) is 15.3. The maximum absolute atomic E-state index is 12.8. The molecule has 0 aliphatic rings. The first-order valence-electron chi connectivity index (χ1n) is 6.33. The predicted molar refractivity (Wildman–Crippen MR) is 75.8 cm³/mol. The molecule has 1 rings (SSSR count). The molecule has 0 saturated carbocycles. The second kappa shape index (κ2) is 8.14. The summed E-state index contributed by atoms with van der Waals surface area (Å²) in [5.74, 6) is -0.218. The number of carbonyl (C=O) groups is 1. The average molecular weight is 281 g/mol. The highest BCUT2D eigenvalue weighted by atomic mass is 19.1. The minimum atomic E-state index is -0.272. The lowest BCUT2D eigenvalue weighted by Gasteiger charge is -2.14. The third kappa shape index (κ3) is 5.26. The van der Waals surface area contributed by atoms with Gasteiger partial charge in [-0.1, -0.05) is 19.1 Å². The van der Waals surface area contributed by atoms with E-state index in [0.29, 0.717) is 19.0 Å². The van der Waals surface area contributed by atoms with E-state index in [-0.39, 0.29) is 17.7 Å². The molecule has 0 heterocycles. The fraction of sp³-hybridized carbons (Fsp3) is 0.429. The molecule has 0 radical (unpaired) electrons. The van der Waals surface area contributed by atoms with Crippen molar-refractivity contribution in [1.82, 2.24) is 10.6 Å². The number of hydrogen-bond donors (Lipinski definition) is 2. The van der Waals surface area contributed by atoms with Gasteiger partial charge in [0.15, 0.2) is 5.96 Å². The number of esters is 1. The molecule has 0 amide bonds. The van der Waals surface area contributed by atoms with Gasteiger partial charge in [0.1, 0.15) is 5.82 Å². The number of rotatable bonds is 5. The Balaban J connectivity index is 2.40. The van der Waals surface area contributed by atoms with Gasteiger partial charge in [0, 0.05) is 20.1 Å². The van der Waals surface area contributed by atoms with Crippen LogP contribution in [0.3, 0.4) is 0 Å². The van der Waals surface area contributed by atoms with Crippen LogP contribution in [-0.2, 0) is 16.1 Å². The fourth-order valence-corrected chi connectivity index (χ4v) is 1.54. The zero-order valence-electron chi connectivity index (χ0n) is 11.9. The smallest absolute Gasteiger partial charge is 0.310 e. The highest BCUT2D eigenvalue weighted by Crippen LogP contribution is 2.02.